The molecule has 2 saturated carbocycles. The van der Waals surface area contributed by atoms with E-state index in [1.165, 1.54) is 14.2 Å². The summed E-state index contributed by atoms with van der Waals surface area (Å²) in [5.41, 5.74) is 5.37. The van der Waals surface area contributed by atoms with Crippen LogP contribution in [-0.4, -0.2) is 116 Å². The van der Waals surface area contributed by atoms with E-state index in [2.05, 4.69) is 30.6 Å². The summed E-state index contributed by atoms with van der Waals surface area (Å²) in [4.78, 5) is 70.3. The topological polar surface area (TPSA) is 215 Å². The molecule has 0 bridgehead atoms. The summed E-state index contributed by atoms with van der Waals surface area (Å²) < 4.78 is 9.49. The Kier molecular flexibility index (Phi) is 10.2. The lowest BCUT2D eigenvalue weighted by Gasteiger charge is -2.28. The van der Waals surface area contributed by atoms with Gasteiger partial charge >= 0.3 is 12.2 Å². The molecule has 4 fully saturated rings. The first kappa shape index (κ1) is 37.2. The Morgan fingerprint density at radius 2 is 1.00 bits per heavy atom. The van der Waals surface area contributed by atoms with Crippen molar-refractivity contribution in [3.63, 3.8) is 0 Å². The number of amides is 4. The van der Waals surface area contributed by atoms with Gasteiger partial charge in [-0.2, -0.15) is 0 Å². The number of hydrogen-bond acceptors (Lipinski definition) is 10. The van der Waals surface area contributed by atoms with E-state index in [1.807, 2.05) is 48.5 Å². The number of H-pyrrole nitrogens is 2. The number of β-amino-alcohol motifs (C(OH)–C–C–N with tert-alkyl or cyclic N) is 2. The lowest BCUT2D eigenvalue weighted by molar-refractivity contribution is -0.136. The van der Waals surface area contributed by atoms with Gasteiger partial charge in [0.25, 0.3) is 0 Å². The average molecular weight is 767 g/mol. The maximum atomic E-state index is 13.6. The highest BCUT2D eigenvalue weighted by Gasteiger charge is 2.46. The molecule has 16 nitrogen and oxygen atoms in total. The second kappa shape index (κ2) is 15.4. The molecule has 2 aliphatic heterocycles. The van der Waals surface area contributed by atoms with E-state index in [0.29, 0.717) is 24.5 Å². The molecule has 6 atom stereocenters. The summed E-state index contributed by atoms with van der Waals surface area (Å²) in [7, 11) is 2.53. The standard InChI is InChI=1S/C40H46N8O8/c1-55-39(53)45-33(25-11-12-25)37(51)47-19-27(49)15-31(47)35-41-17-29(43-35)23-7-3-21(4-8-23)22-5-9-24(10-6-22)30-18-42-36(44-30)32-16-28(50)20-48(32)38(52)34(26-13-14-26)46-40(54)56-2/h3-10,17-18,25-28,31-34,49-50H,11-16,19-20H2,1-2H3,(H,41,43)(H,42,44)(H,45,53)(H,46,54)/t27-,28-,31+,32+,33+,34?/m1/s1. The fourth-order valence-corrected chi connectivity index (χ4v) is 7.97. The number of likely N-dealkylation sites (tertiary alicyclic amines) is 2. The van der Waals surface area contributed by atoms with Gasteiger partial charge in [0.2, 0.25) is 11.8 Å². The van der Waals surface area contributed by atoms with E-state index in [1.54, 1.807) is 22.2 Å². The number of aliphatic hydroxyl groups excluding tert-OH is 2. The number of imidazole rings is 2. The molecule has 2 aromatic carbocycles. The number of carbonyl (C=O) groups is 4. The van der Waals surface area contributed by atoms with Crippen LogP contribution in [0.1, 0.15) is 62.3 Å². The smallest absolute Gasteiger partial charge is 0.407 e. The van der Waals surface area contributed by atoms with Crippen molar-refractivity contribution >= 4 is 24.0 Å². The maximum absolute atomic E-state index is 13.6. The van der Waals surface area contributed by atoms with E-state index in [-0.39, 0.29) is 36.7 Å². The van der Waals surface area contributed by atoms with Gasteiger partial charge in [-0.05, 0) is 59.8 Å². The number of alkyl carbamates (subject to hydrolysis) is 2. The first-order valence-electron chi connectivity index (χ1n) is 19.1. The zero-order valence-corrected chi connectivity index (χ0v) is 31.2. The van der Waals surface area contributed by atoms with Crippen LogP contribution in [0.2, 0.25) is 0 Å². The molecule has 0 radical (unpaired) electrons. The predicted molar refractivity (Wildman–Crippen MR) is 201 cm³/mol. The zero-order chi connectivity index (χ0) is 39.1. The molecule has 2 saturated heterocycles. The van der Waals surface area contributed by atoms with Crippen molar-refractivity contribution in [1.29, 1.82) is 0 Å². The molecule has 2 aromatic heterocycles. The molecule has 2 aliphatic carbocycles. The number of nitrogens with one attached hydrogen (secondary N) is 4. The fraction of sp³-hybridized carbons (Fsp3) is 0.450. The van der Waals surface area contributed by atoms with Gasteiger partial charge in [-0.3, -0.25) is 9.59 Å². The molecule has 6 N–H and O–H groups in total. The molecule has 56 heavy (non-hydrogen) atoms. The Hall–Kier alpha value is -5.74. The molecule has 4 heterocycles. The lowest BCUT2D eigenvalue weighted by atomic mass is 10.0. The summed E-state index contributed by atoms with van der Waals surface area (Å²) >= 11 is 0. The first-order valence-corrected chi connectivity index (χ1v) is 19.1. The molecular formula is C40H46N8O8. The number of aliphatic hydroxyl groups is 2. The third-order valence-electron chi connectivity index (χ3n) is 11.3. The molecule has 8 rings (SSSR count). The molecule has 4 amide bonds. The Balaban J connectivity index is 0.926. The second-order valence-electron chi connectivity index (χ2n) is 15.2. The maximum Gasteiger partial charge on any atom is 0.407 e. The van der Waals surface area contributed by atoms with Crippen molar-refractivity contribution in [1.82, 2.24) is 40.4 Å². The van der Waals surface area contributed by atoms with E-state index in [4.69, 9.17) is 9.47 Å². The largest absolute Gasteiger partial charge is 0.453 e. The van der Waals surface area contributed by atoms with Crippen LogP contribution in [0.5, 0.6) is 0 Å². The van der Waals surface area contributed by atoms with Crippen molar-refractivity contribution in [3.05, 3.63) is 72.6 Å². The molecule has 0 spiro atoms. The van der Waals surface area contributed by atoms with Gasteiger partial charge in [0, 0.05) is 25.9 Å². The Morgan fingerprint density at radius 3 is 1.34 bits per heavy atom. The highest BCUT2D eigenvalue weighted by Crippen LogP contribution is 2.39. The van der Waals surface area contributed by atoms with Crippen molar-refractivity contribution in [2.24, 2.45) is 11.8 Å². The number of carbonyl (C=O) groups excluding carboxylic acids is 4. The van der Waals surface area contributed by atoms with Crippen LogP contribution in [0, 0.1) is 11.8 Å². The van der Waals surface area contributed by atoms with Gasteiger partial charge in [0.1, 0.15) is 23.7 Å². The van der Waals surface area contributed by atoms with Gasteiger partial charge in [-0.15, -0.1) is 0 Å². The Morgan fingerprint density at radius 1 is 0.643 bits per heavy atom. The number of aromatic nitrogens is 4. The molecule has 16 heteroatoms. The van der Waals surface area contributed by atoms with Crippen molar-refractivity contribution in [2.45, 2.75) is 74.9 Å². The van der Waals surface area contributed by atoms with Crippen LogP contribution in [0.3, 0.4) is 0 Å². The Bertz CT molecular complexity index is 1930. The van der Waals surface area contributed by atoms with E-state index >= 15 is 0 Å². The van der Waals surface area contributed by atoms with Crippen molar-refractivity contribution in [2.75, 3.05) is 27.3 Å². The summed E-state index contributed by atoms with van der Waals surface area (Å²) in [5.74, 6) is 0.739. The van der Waals surface area contributed by atoms with Crippen LogP contribution < -0.4 is 10.6 Å². The summed E-state index contributed by atoms with van der Waals surface area (Å²) in [6.07, 6.45) is 4.77. The number of methoxy groups -OCH3 is 2. The quantitative estimate of drug-likeness (QED) is 0.130. The summed E-state index contributed by atoms with van der Waals surface area (Å²) in [6, 6.07) is 13.7. The van der Waals surface area contributed by atoms with Gasteiger partial charge in [0.05, 0.1) is 62.3 Å². The van der Waals surface area contributed by atoms with Crippen LogP contribution in [0.25, 0.3) is 33.6 Å². The highest BCUT2D eigenvalue weighted by molar-refractivity contribution is 5.88. The van der Waals surface area contributed by atoms with Gasteiger partial charge in [-0.25, -0.2) is 19.6 Å². The van der Waals surface area contributed by atoms with Crippen LogP contribution >= 0.6 is 0 Å². The van der Waals surface area contributed by atoms with Crippen LogP contribution in [0.15, 0.2) is 60.9 Å². The summed E-state index contributed by atoms with van der Waals surface area (Å²) in [6.45, 7) is 0.312. The first-order chi connectivity index (χ1) is 27.1. The van der Waals surface area contributed by atoms with Gasteiger partial charge in [0.15, 0.2) is 0 Å². The van der Waals surface area contributed by atoms with E-state index < -0.39 is 48.6 Å². The predicted octanol–water partition coefficient (Wildman–Crippen LogP) is 3.67. The second-order valence-corrected chi connectivity index (χ2v) is 15.2. The van der Waals surface area contributed by atoms with Crippen LogP contribution in [-0.2, 0) is 19.1 Å². The zero-order valence-electron chi connectivity index (χ0n) is 31.2. The minimum Gasteiger partial charge on any atom is -0.453 e. The van der Waals surface area contributed by atoms with Gasteiger partial charge < -0.3 is 50.1 Å². The molecule has 294 valence electrons. The number of ether oxygens (including phenoxy) is 2. The molecule has 1 unspecified atom stereocenters. The van der Waals surface area contributed by atoms with Gasteiger partial charge in [-0.1, -0.05) is 48.5 Å². The lowest BCUT2D eigenvalue weighted by Crippen LogP contribution is -2.50. The minimum atomic E-state index is -0.707. The third-order valence-corrected chi connectivity index (χ3v) is 11.3. The van der Waals surface area contributed by atoms with Crippen LogP contribution in [0.4, 0.5) is 9.59 Å². The van der Waals surface area contributed by atoms with Crippen molar-refractivity contribution in [3.8, 4) is 33.6 Å². The molecule has 4 aromatic rings. The normalized spacial score (nSPS) is 23.1. The highest BCUT2D eigenvalue weighted by atomic mass is 16.5. The number of rotatable bonds is 11. The average Bonchev–Trinajstić information content (AvgIpc) is 4.03. The third kappa shape index (κ3) is 7.71. The van der Waals surface area contributed by atoms with Crippen molar-refractivity contribution < 1.29 is 38.9 Å². The fourth-order valence-electron chi connectivity index (χ4n) is 7.97. The Labute approximate surface area is 323 Å². The molecule has 4 aliphatic rings. The number of nitrogens with zero attached hydrogens (tertiary/aromatic N) is 4. The number of aromatic amines is 2. The number of hydrogen-bond donors (Lipinski definition) is 6. The van der Waals surface area contributed by atoms with E-state index in [0.717, 1.165) is 59.3 Å². The summed E-state index contributed by atoms with van der Waals surface area (Å²) in [5, 5.41) is 26.5. The minimum absolute atomic E-state index is 0.0484. The number of benzene rings is 2. The monoisotopic (exact) mass is 766 g/mol. The van der Waals surface area contributed by atoms with E-state index in [9.17, 15) is 29.4 Å². The SMILES string of the molecule is COC(=O)NC(C(=O)N1C[C@H](O)C[C@H]1c1ncc(-c2ccc(-c3ccc(-c4cnc([C@@H]5C[C@@H](O)CN5C(=O)[C@@H](NC(=O)OC)C5CC5)[nH]4)cc3)cc2)[nH]1)C1CC1. The molecular weight excluding hydrogens is 720 g/mol.